The molecule has 0 spiro atoms. The van der Waals surface area contributed by atoms with Gasteiger partial charge in [0.25, 0.3) is 0 Å². The molecule has 13 nitrogen and oxygen atoms in total. The van der Waals surface area contributed by atoms with Crippen LogP contribution in [0.1, 0.15) is 32.8 Å². The molecule has 8 atom stereocenters. The zero-order valence-corrected chi connectivity index (χ0v) is 21.5. The molecule has 0 aliphatic carbocycles. The van der Waals surface area contributed by atoms with Gasteiger partial charge in [-0.2, -0.15) is 0 Å². The summed E-state index contributed by atoms with van der Waals surface area (Å²) < 4.78 is 23.0. The molecule has 37 heavy (non-hydrogen) atoms. The van der Waals surface area contributed by atoms with Crippen LogP contribution in [0.25, 0.3) is 10.9 Å². The molecule has 1 aliphatic heterocycles. The number of nitrogens with one attached hydrogen (secondary N) is 3. The number of carbonyl (C=O) groups is 2. The molecule has 14 heteroatoms. The number of amides is 1. The molecular formula is C23H34N3O10P. The third-order valence-electron chi connectivity index (χ3n) is 6.11. The summed E-state index contributed by atoms with van der Waals surface area (Å²) in [5, 5.41) is 45.0. The third-order valence-corrected chi connectivity index (χ3v) is 7.24. The topological polar surface area (TPSA) is 211 Å². The number of H-pyrrole nitrogens is 1. The fraction of sp³-hybridized carbons (Fsp3) is 0.565. The van der Waals surface area contributed by atoms with Gasteiger partial charge in [0.15, 0.2) is 6.29 Å². The number of benzene rings is 1. The van der Waals surface area contributed by atoms with Crippen molar-refractivity contribution in [1.82, 2.24) is 15.4 Å². The number of aromatic nitrogens is 1. The van der Waals surface area contributed by atoms with Crippen LogP contribution in [0.5, 0.6) is 0 Å². The first-order valence-electron chi connectivity index (χ1n) is 11.9. The molecule has 3 rings (SSSR count). The Hall–Kier alpha value is -2.35. The highest BCUT2D eigenvalue weighted by Gasteiger charge is 2.45. The van der Waals surface area contributed by atoms with E-state index in [2.05, 4.69) is 15.4 Å². The van der Waals surface area contributed by atoms with E-state index in [0.29, 0.717) is 5.56 Å². The number of carbonyl (C=O) groups excluding carboxylic acids is 1. The number of aliphatic hydroxyl groups excluding tert-OH is 3. The van der Waals surface area contributed by atoms with E-state index in [9.17, 15) is 39.5 Å². The van der Waals surface area contributed by atoms with Gasteiger partial charge in [0, 0.05) is 23.5 Å². The molecule has 1 amide bonds. The van der Waals surface area contributed by atoms with Crippen LogP contribution >= 0.6 is 7.75 Å². The summed E-state index contributed by atoms with van der Waals surface area (Å²) in [5.74, 6) is -2.27. The Bertz CT molecular complexity index is 1140. The Morgan fingerprint density at radius 3 is 2.46 bits per heavy atom. The van der Waals surface area contributed by atoms with Crippen molar-refractivity contribution in [2.24, 2.45) is 5.92 Å². The quantitative estimate of drug-likeness (QED) is 0.180. The van der Waals surface area contributed by atoms with Gasteiger partial charge in [-0.05, 0) is 30.9 Å². The molecule has 0 saturated carbocycles. The number of carboxylic acids is 1. The zero-order valence-electron chi connectivity index (χ0n) is 20.6. The van der Waals surface area contributed by atoms with Crippen LogP contribution in [0.15, 0.2) is 30.5 Å². The highest BCUT2D eigenvalue weighted by atomic mass is 31.2. The molecule has 0 bridgehead atoms. The number of ether oxygens (including phenoxy) is 1. The Balaban J connectivity index is 1.72. The van der Waals surface area contributed by atoms with Crippen molar-refractivity contribution >= 4 is 30.5 Å². The largest absolute Gasteiger partial charge is 0.480 e. The van der Waals surface area contributed by atoms with Crippen LogP contribution in [0.2, 0.25) is 0 Å². The van der Waals surface area contributed by atoms with Crippen molar-refractivity contribution in [2.75, 3.05) is 0 Å². The number of rotatable bonds is 11. The van der Waals surface area contributed by atoms with E-state index in [0.717, 1.165) is 10.9 Å². The van der Waals surface area contributed by atoms with E-state index in [4.69, 9.17) is 9.26 Å². The molecule has 1 saturated heterocycles. The van der Waals surface area contributed by atoms with E-state index in [-0.39, 0.29) is 18.8 Å². The molecule has 206 valence electrons. The minimum Gasteiger partial charge on any atom is -0.480 e. The summed E-state index contributed by atoms with van der Waals surface area (Å²) >= 11 is 0. The average molecular weight is 544 g/mol. The molecule has 1 aromatic carbocycles. The summed E-state index contributed by atoms with van der Waals surface area (Å²) in [6.07, 6.45) is -6.08. The molecular weight excluding hydrogens is 509 g/mol. The van der Waals surface area contributed by atoms with Gasteiger partial charge < -0.3 is 40.4 Å². The van der Waals surface area contributed by atoms with Crippen LogP contribution in [0.3, 0.4) is 0 Å². The van der Waals surface area contributed by atoms with Gasteiger partial charge in [-0.25, -0.2) is 14.4 Å². The monoisotopic (exact) mass is 543 g/mol. The van der Waals surface area contributed by atoms with E-state index < -0.39 is 62.4 Å². The fourth-order valence-electron chi connectivity index (χ4n) is 4.15. The van der Waals surface area contributed by atoms with Crippen molar-refractivity contribution in [3.05, 3.63) is 36.0 Å². The lowest BCUT2D eigenvalue weighted by atomic mass is 10.0. The Morgan fingerprint density at radius 2 is 1.81 bits per heavy atom. The Kier molecular flexibility index (Phi) is 9.48. The molecule has 1 aromatic heterocycles. The zero-order chi connectivity index (χ0) is 27.5. The van der Waals surface area contributed by atoms with Crippen LogP contribution < -0.4 is 10.4 Å². The van der Waals surface area contributed by atoms with E-state index in [1.54, 1.807) is 20.0 Å². The van der Waals surface area contributed by atoms with Gasteiger partial charge in [0.05, 0.1) is 12.1 Å². The predicted molar refractivity (Wildman–Crippen MR) is 131 cm³/mol. The van der Waals surface area contributed by atoms with Crippen molar-refractivity contribution < 1.29 is 48.7 Å². The summed E-state index contributed by atoms with van der Waals surface area (Å²) in [6, 6.07) is 4.63. The second-order valence-electron chi connectivity index (χ2n) is 9.58. The first-order valence-corrected chi connectivity index (χ1v) is 13.4. The molecule has 2 aromatic rings. The molecule has 3 unspecified atom stereocenters. The summed E-state index contributed by atoms with van der Waals surface area (Å²) in [4.78, 5) is 38.5. The first kappa shape index (κ1) is 29.2. The maximum Gasteiger partial charge on any atom is 0.406 e. The van der Waals surface area contributed by atoms with Gasteiger partial charge >= 0.3 is 13.7 Å². The molecule has 1 aliphatic rings. The second kappa shape index (κ2) is 12.0. The first-order chi connectivity index (χ1) is 17.3. The number of aliphatic hydroxyl groups is 3. The van der Waals surface area contributed by atoms with E-state index in [1.807, 2.05) is 24.3 Å². The number of aromatic amines is 1. The van der Waals surface area contributed by atoms with E-state index in [1.165, 1.54) is 6.92 Å². The highest BCUT2D eigenvalue weighted by molar-refractivity contribution is 7.50. The van der Waals surface area contributed by atoms with Crippen molar-refractivity contribution in [1.29, 1.82) is 0 Å². The SMILES string of the molecule is CC(C)CC(NP(=O)(O)O[C@@H]1O[C@@H](C)[C@@H](O)[C@@H](O)[C@H]1O)C(=O)NC(Cc1c[nH]c2ccccc12)C(=O)O. The minimum absolute atomic E-state index is 0.0347. The standard InChI is InChI=1S/C23H34N3O10P/c1-11(2)8-16(26-37(33,34)36-23-20(29)19(28)18(27)12(3)35-23)21(30)25-17(22(31)32)9-13-10-24-15-7-5-4-6-14(13)15/h4-7,10-12,16-20,23-24,27-29H,8-9H2,1-3H3,(H,25,30)(H,31,32)(H2,26,33,34)/t12-,16?,17?,18+,19+,20+,23-/m0/s1. The number of para-hydroxylation sites is 1. The lowest BCUT2D eigenvalue weighted by Crippen LogP contribution is -2.57. The lowest BCUT2D eigenvalue weighted by molar-refractivity contribution is -0.270. The van der Waals surface area contributed by atoms with Crippen LogP contribution in [-0.2, 0) is 29.8 Å². The second-order valence-corrected chi connectivity index (χ2v) is 11.1. The number of hydrogen-bond acceptors (Lipinski definition) is 8. The number of hydrogen-bond donors (Lipinski definition) is 8. The van der Waals surface area contributed by atoms with Gasteiger partial charge in [-0.3, -0.25) is 9.32 Å². The van der Waals surface area contributed by atoms with Crippen LogP contribution in [-0.4, -0.2) is 85.0 Å². The number of carboxylic acid groups (broad SMARTS) is 1. The normalized spacial score (nSPS) is 27.5. The Labute approximate surface area is 213 Å². The molecule has 2 heterocycles. The number of aliphatic carboxylic acids is 1. The predicted octanol–water partition coefficient (Wildman–Crippen LogP) is 0.229. The van der Waals surface area contributed by atoms with E-state index >= 15 is 0 Å². The summed E-state index contributed by atoms with van der Waals surface area (Å²) in [6.45, 7) is 4.90. The van der Waals surface area contributed by atoms with Crippen molar-refractivity contribution in [2.45, 2.75) is 76.4 Å². The molecule has 8 N–H and O–H groups in total. The van der Waals surface area contributed by atoms with Crippen molar-refractivity contribution in [3.63, 3.8) is 0 Å². The molecule has 1 fully saturated rings. The maximum atomic E-state index is 13.1. The summed E-state index contributed by atoms with van der Waals surface area (Å²) in [5.41, 5.74) is 1.48. The maximum absolute atomic E-state index is 13.1. The number of fused-ring (bicyclic) bond motifs is 1. The summed E-state index contributed by atoms with van der Waals surface area (Å²) in [7, 11) is -4.83. The fourth-order valence-corrected chi connectivity index (χ4v) is 5.28. The van der Waals surface area contributed by atoms with Gasteiger partial charge in [-0.15, -0.1) is 0 Å². The smallest absolute Gasteiger partial charge is 0.406 e. The van der Waals surface area contributed by atoms with Crippen LogP contribution in [0, 0.1) is 5.92 Å². The van der Waals surface area contributed by atoms with Crippen LogP contribution in [0.4, 0.5) is 0 Å². The van der Waals surface area contributed by atoms with Gasteiger partial charge in [-0.1, -0.05) is 32.0 Å². The highest BCUT2D eigenvalue weighted by Crippen LogP contribution is 2.42. The third kappa shape index (κ3) is 7.37. The molecule has 0 radical (unpaired) electrons. The minimum atomic E-state index is -4.83. The van der Waals surface area contributed by atoms with Gasteiger partial charge in [0.1, 0.15) is 24.4 Å². The average Bonchev–Trinajstić information content (AvgIpc) is 3.22. The van der Waals surface area contributed by atoms with Crippen molar-refractivity contribution in [3.8, 4) is 0 Å². The van der Waals surface area contributed by atoms with Gasteiger partial charge in [0.2, 0.25) is 5.91 Å². The Morgan fingerprint density at radius 1 is 1.14 bits per heavy atom. The lowest BCUT2D eigenvalue weighted by Gasteiger charge is -2.39.